The monoisotopic (exact) mass is 663 g/mol. The number of amides is 3. The number of benzene rings is 3. The van der Waals surface area contributed by atoms with Crippen molar-refractivity contribution in [3.05, 3.63) is 99.0 Å². The predicted molar refractivity (Wildman–Crippen MR) is 185 cm³/mol. The highest BCUT2D eigenvalue weighted by atomic mass is 35.5. The number of nitrogens with zero attached hydrogens (tertiary/aromatic N) is 5. The molecule has 2 aliphatic heterocycles. The fourth-order valence-electron chi connectivity index (χ4n) is 5.89. The molecule has 8 nitrogen and oxygen atoms in total. The number of ether oxygens (including phenoxy) is 1. The molecule has 0 N–H and O–H groups in total. The van der Waals surface area contributed by atoms with E-state index in [1.165, 1.54) is 0 Å². The molecule has 3 aromatic rings. The summed E-state index contributed by atoms with van der Waals surface area (Å²) in [5.74, 6) is 1.29. The standard InChI is InChI=1S/C36H43Cl2N5O3/c1-7-46-30-22-26(36(2,3)4)12-17-29(30)34-39-32(24-8-13-27(37)14-9-24)33(25-10-15-28(38)16-11-25)43(34)35(45)42-20-18-41(19-21-42)23-31(44)40(5)6/h8-17,22,32-33H,7,18-21,23H2,1-6H3/t32-,33+/m0/s1. The number of likely N-dealkylation sites (N-methyl/N-ethyl adjacent to an activating group) is 1. The highest BCUT2D eigenvalue weighted by molar-refractivity contribution is 6.30. The molecule has 0 spiro atoms. The van der Waals surface area contributed by atoms with Crippen molar-refractivity contribution in [2.75, 3.05) is 53.4 Å². The number of urea groups is 1. The molecule has 1 fully saturated rings. The van der Waals surface area contributed by atoms with Gasteiger partial charge in [-0.2, -0.15) is 0 Å². The molecule has 244 valence electrons. The summed E-state index contributed by atoms with van der Waals surface area (Å²) < 4.78 is 6.23. The van der Waals surface area contributed by atoms with Crippen molar-refractivity contribution >= 4 is 41.0 Å². The lowest BCUT2D eigenvalue weighted by Crippen LogP contribution is -2.55. The molecule has 0 unspecified atom stereocenters. The fourth-order valence-corrected chi connectivity index (χ4v) is 6.14. The molecule has 0 saturated carbocycles. The SMILES string of the molecule is CCOc1cc(C(C)(C)C)ccc1C1=N[C@@H](c2ccc(Cl)cc2)[C@@H](c2ccc(Cl)cc2)N1C(=O)N1CCN(CC(=O)N(C)C)CC1. The normalized spacial score (nSPS) is 18.8. The van der Waals surface area contributed by atoms with Crippen LogP contribution in [-0.2, 0) is 10.2 Å². The van der Waals surface area contributed by atoms with Gasteiger partial charge in [0, 0.05) is 50.3 Å². The Balaban J connectivity index is 1.60. The van der Waals surface area contributed by atoms with E-state index in [9.17, 15) is 9.59 Å². The van der Waals surface area contributed by atoms with Crippen molar-refractivity contribution < 1.29 is 14.3 Å². The summed E-state index contributed by atoms with van der Waals surface area (Å²) in [6.07, 6.45) is 0. The number of halogens is 2. The molecular formula is C36H43Cl2N5O3. The number of piperazine rings is 1. The van der Waals surface area contributed by atoms with Crippen LogP contribution in [0.1, 0.15) is 62.0 Å². The Morgan fingerprint density at radius 3 is 2.02 bits per heavy atom. The molecule has 2 heterocycles. The minimum absolute atomic E-state index is 0.0458. The van der Waals surface area contributed by atoms with Crippen molar-refractivity contribution in [3.63, 3.8) is 0 Å². The first-order chi connectivity index (χ1) is 21.9. The Hall–Kier alpha value is -3.59. The Morgan fingerprint density at radius 2 is 1.48 bits per heavy atom. The predicted octanol–water partition coefficient (Wildman–Crippen LogP) is 7.06. The topological polar surface area (TPSA) is 68.7 Å². The van der Waals surface area contributed by atoms with Crippen molar-refractivity contribution in [2.24, 2.45) is 4.99 Å². The van der Waals surface area contributed by atoms with Gasteiger partial charge in [-0.05, 0) is 65.4 Å². The Morgan fingerprint density at radius 1 is 0.891 bits per heavy atom. The van der Waals surface area contributed by atoms with Crippen LogP contribution < -0.4 is 4.74 Å². The molecule has 0 radical (unpaired) electrons. The molecule has 0 aliphatic carbocycles. The molecule has 0 bridgehead atoms. The second-order valence-electron chi connectivity index (χ2n) is 13.0. The van der Waals surface area contributed by atoms with Crippen molar-refractivity contribution in [3.8, 4) is 5.75 Å². The maximum absolute atomic E-state index is 14.8. The number of aliphatic imine (C=N–C) groups is 1. The van der Waals surface area contributed by atoms with Gasteiger partial charge < -0.3 is 14.5 Å². The molecule has 1 saturated heterocycles. The van der Waals surface area contributed by atoms with Gasteiger partial charge in [0.05, 0.1) is 24.8 Å². The zero-order chi connectivity index (χ0) is 33.2. The summed E-state index contributed by atoms with van der Waals surface area (Å²) in [7, 11) is 3.52. The summed E-state index contributed by atoms with van der Waals surface area (Å²) in [6, 6.07) is 20.5. The van der Waals surface area contributed by atoms with Gasteiger partial charge in [-0.15, -0.1) is 0 Å². The number of hydrogen-bond acceptors (Lipinski definition) is 5. The number of carbonyl (C=O) groups is 2. The third-order valence-corrected chi connectivity index (χ3v) is 9.09. The Labute approximate surface area is 282 Å². The van der Waals surface area contributed by atoms with Crippen LogP contribution in [0.5, 0.6) is 5.75 Å². The van der Waals surface area contributed by atoms with Gasteiger partial charge in [-0.25, -0.2) is 4.79 Å². The summed E-state index contributed by atoms with van der Waals surface area (Å²) in [6.45, 7) is 11.4. The molecular weight excluding hydrogens is 621 g/mol. The fraction of sp³-hybridized carbons (Fsp3) is 0.417. The lowest BCUT2D eigenvalue weighted by Gasteiger charge is -2.39. The largest absolute Gasteiger partial charge is 0.493 e. The summed E-state index contributed by atoms with van der Waals surface area (Å²) in [5.41, 5.74) is 3.64. The minimum atomic E-state index is -0.453. The number of carbonyl (C=O) groups excluding carboxylic acids is 2. The van der Waals surface area contributed by atoms with Crippen molar-refractivity contribution in [1.82, 2.24) is 19.6 Å². The molecule has 2 atom stereocenters. The highest BCUT2D eigenvalue weighted by Crippen LogP contribution is 2.46. The van der Waals surface area contributed by atoms with Crippen LogP contribution in [0.4, 0.5) is 4.79 Å². The molecule has 46 heavy (non-hydrogen) atoms. The van der Waals surface area contributed by atoms with E-state index in [4.69, 9.17) is 32.9 Å². The van der Waals surface area contributed by atoms with Crippen LogP contribution in [0.15, 0.2) is 71.7 Å². The van der Waals surface area contributed by atoms with E-state index in [2.05, 4.69) is 37.8 Å². The highest BCUT2D eigenvalue weighted by Gasteiger charge is 2.45. The van der Waals surface area contributed by atoms with Gasteiger partial charge in [0.25, 0.3) is 0 Å². The number of amidine groups is 1. The van der Waals surface area contributed by atoms with E-state index in [1.54, 1.807) is 19.0 Å². The van der Waals surface area contributed by atoms with Gasteiger partial charge in [0.2, 0.25) is 5.91 Å². The lowest BCUT2D eigenvalue weighted by molar-refractivity contribution is -0.130. The quantitative estimate of drug-likeness (QED) is 0.271. The van der Waals surface area contributed by atoms with E-state index in [1.807, 2.05) is 71.3 Å². The zero-order valence-corrected chi connectivity index (χ0v) is 29.0. The van der Waals surface area contributed by atoms with E-state index < -0.39 is 12.1 Å². The maximum atomic E-state index is 14.8. The van der Waals surface area contributed by atoms with Gasteiger partial charge in [-0.1, -0.05) is 74.3 Å². The Bertz CT molecular complexity index is 1580. The van der Waals surface area contributed by atoms with Crippen LogP contribution >= 0.6 is 23.2 Å². The first-order valence-electron chi connectivity index (χ1n) is 15.7. The van der Waals surface area contributed by atoms with Crippen molar-refractivity contribution in [2.45, 2.75) is 45.2 Å². The summed E-state index contributed by atoms with van der Waals surface area (Å²) in [4.78, 5) is 39.9. The van der Waals surface area contributed by atoms with E-state index in [0.717, 1.165) is 22.3 Å². The second-order valence-corrected chi connectivity index (χ2v) is 13.9. The van der Waals surface area contributed by atoms with Crippen LogP contribution in [0.25, 0.3) is 0 Å². The van der Waals surface area contributed by atoms with Crippen LogP contribution in [0.3, 0.4) is 0 Å². The molecule has 3 aromatic carbocycles. The first kappa shape index (κ1) is 33.8. The minimum Gasteiger partial charge on any atom is -0.493 e. The zero-order valence-electron chi connectivity index (χ0n) is 27.5. The van der Waals surface area contributed by atoms with Crippen LogP contribution in [0.2, 0.25) is 10.0 Å². The lowest BCUT2D eigenvalue weighted by atomic mass is 9.86. The summed E-state index contributed by atoms with van der Waals surface area (Å²) >= 11 is 12.6. The van der Waals surface area contributed by atoms with E-state index in [0.29, 0.717) is 61.0 Å². The van der Waals surface area contributed by atoms with E-state index >= 15 is 0 Å². The second kappa shape index (κ2) is 14.0. The van der Waals surface area contributed by atoms with Gasteiger partial charge >= 0.3 is 6.03 Å². The van der Waals surface area contributed by atoms with Crippen molar-refractivity contribution in [1.29, 1.82) is 0 Å². The molecule has 2 aliphatic rings. The molecule has 3 amide bonds. The van der Waals surface area contributed by atoms with Gasteiger partial charge in [0.1, 0.15) is 17.6 Å². The van der Waals surface area contributed by atoms with Crippen LogP contribution in [-0.4, -0.2) is 90.8 Å². The molecule has 10 heteroatoms. The number of hydrogen-bond donors (Lipinski definition) is 0. The average Bonchev–Trinajstić information content (AvgIpc) is 3.41. The van der Waals surface area contributed by atoms with Gasteiger partial charge in [-0.3, -0.25) is 19.6 Å². The summed E-state index contributed by atoms with van der Waals surface area (Å²) in [5, 5.41) is 1.24. The third-order valence-electron chi connectivity index (χ3n) is 8.58. The molecule has 5 rings (SSSR count). The number of rotatable bonds is 7. The maximum Gasteiger partial charge on any atom is 0.326 e. The Kier molecular flexibility index (Phi) is 10.3. The molecule has 0 aromatic heterocycles. The smallest absolute Gasteiger partial charge is 0.326 e. The third kappa shape index (κ3) is 7.35. The van der Waals surface area contributed by atoms with E-state index in [-0.39, 0.29) is 17.4 Å². The average molecular weight is 665 g/mol. The first-order valence-corrected chi connectivity index (χ1v) is 16.5. The van der Waals surface area contributed by atoms with Gasteiger partial charge in [0.15, 0.2) is 0 Å². The van der Waals surface area contributed by atoms with Crippen LogP contribution in [0, 0.1) is 0 Å².